The van der Waals surface area contributed by atoms with Crippen LogP contribution in [0.15, 0.2) is 36.7 Å². The number of likely N-dealkylation sites (N-methyl/N-ethyl adjacent to an activating group) is 1. The minimum absolute atomic E-state index is 0.198. The van der Waals surface area contributed by atoms with E-state index in [0.29, 0.717) is 44.8 Å². The third-order valence-electron chi connectivity index (χ3n) is 8.81. The van der Waals surface area contributed by atoms with Crippen molar-refractivity contribution in [3.8, 4) is 6.01 Å². The number of fused-ring (bicyclic) bond motifs is 2. The van der Waals surface area contributed by atoms with Crippen LogP contribution in [-0.4, -0.2) is 101 Å². The third kappa shape index (κ3) is 6.36. The molecular formula is C33H42N8O3. The number of benzene rings is 1. The number of pyridine rings is 1. The Labute approximate surface area is 259 Å². The van der Waals surface area contributed by atoms with E-state index >= 15 is 0 Å². The normalized spacial score (nSPS) is 20.8. The number of aromatic nitrogens is 3. The molecule has 3 aliphatic rings. The molecule has 11 nitrogen and oxygen atoms in total. The van der Waals surface area contributed by atoms with Gasteiger partial charge in [-0.1, -0.05) is 12.1 Å². The predicted molar refractivity (Wildman–Crippen MR) is 170 cm³/mol. The zero-order valence-electron chi connectivity index (χ0n) is 26.2. The Kier molecular flexibility index (Phi) is 8.45. The molecule has 0 bridgehead atoms. The van der Waals surface area contributed by atoms with E-state index in [1.165, 1.54) is 6.42 Å². The third-order valence-corrected chi connectivity index (χ3v) is 8.81. The van der Waals surface area contributed by atoms with Crippen LogP contribution in [0.2, 0.25) is 0 Å². The Balaban J connectivity index is 1.30. The average molecular weight is 599 g/mol. The molecule has 3 aromatic rings. The fourth-order valence-electron chi connectivity index (χ4n) is 6.52. The van der Waals surface area contributed by atoms with Crippen LogP contribution in [0.25, 0.3) is 15.6 Å². The first kappa shape index (κ1) is 29.9. The van der Waals surface area contributed by atoms with E-state index in [1.54, 1.807) is 4.90 Å². The minimum atomic E-state index is -0.603. The Hall–Kier alpha value is -4.17. The van der Waals surface area contributed by atoms with Crippen molar-refractivity contribution in [3.63, 3.8) is 0 Å². The van der Waals surface area contributed by atoms with Crippen molar-refractivity contribution < 1.29 is 14.3 Å². The van der Waals surface area contributed by atoms with Gasteiger partial charge in [-0.3, -0.25) is 9.88 Å². The van der Waals surface area contributed by atoms with Crippen molar-refractivity contribution in [2.75, 3.05) is 62.7 Å². The summed E-state index contributed by atoms with van der Waals surface area (Å²) in [4.78, 5) is 39.7. The summed E-state index contributed by atoms with van der Waals surface area (Å²) in [7, 11) is 2.14. The van der Waals surface area contributed by atoms with Crippen molar-refractivity contribution in [2.24, 2.45) is 0 Å². The van der Waals surface area contributed by atoms with E-state index in [4.69, 9.17) is 26.0 Å². The van der Waals surface area contributed by atoms with Gasteiger partial charge in [0.25, 0.3) is 0 Å². The molecule has 0 N–H and O–H groups in total. The van der Waals surface area contributed by atoms with E-state index in [2.05, 4.69) is 49.8 Å². The molecule has 1 aromatic carbocycles. The Morgan fingerprint density at radius 3 is 2.73 bits per heavy atom. The zero-order valence-corrected chi connectivity index (χ0v) is 26.2. The number of carbonyl (C=O) groups excluding carboxylic acids is 1. The lowest BCUT2D eigenvalue weighted by atomic mass is 10.0. The lowest BCUT2D eigenvalue weighted by Gasteiger charge is -2.41. The maximum atomic E-state index is 13.1. The smallest absolute Gasteiger partial charge is 0.410 e. The summed E-state index contributed by atoms with van der Waals surface area (Å²) in [6.07, 6.45) is 6.42. The van der Waals surface area contributed by atoms with E-state index in [0.717, 1.165) is 59.5 Å². The molecule has 2 atom stereocenters. The minimum Gasteiger partial charge on any atom is -0.462 e. The quantitative estimate of drug-likeness (QED) is 0.383. The number of rotatable bonds is 6. The van der Waals surface area contributed by atoms with Gasteiger partial charge in [-0.15, -0.1) is 0 Å². The molecule has 0 spiro atoms. The second-order valence-electron chi connectivity index (χ2n) is 13.0. The number of amides is 1. The van der Waals surface area contributed by atoms with Gasteiger partial charge in [0.05, 0.1) is 12.2 Å². The summed E-state index contributed by atoms with van der Waals surface area (Å²) in [6.45, 7) is 18.0. The van der Waals surface area contributed by atoms with E-state index < -0.39 is 5.60 Å². The molecule has 0 aliphatic carbocycles. The molecule has 2 aromatic heterocycles. The first-order valence-corrected chi connectivity index (χ1v) is 15.6. The van der Waals surface area contributed by atoms with Gasteiger partial charge in [-0.05, 0) is 71.1 Å². The van der Waals surface area contributed by atoms with Gasteiger partial charge in [-0.2, -0.15) is 9.97 Å². The van der Waals surface area contributed by atoms with Gasteiger partial charge in [0.1, 0.15) is 24.1 Å². The maximum absolute atomic E-state index is 13.1. The van der Waals surface area contributed by atoms with E-state index in [9.17, 15) is 4.79 Å². The first-order valence-electron chi connectivity index (χ1n) is 15.6. The number of ether oxygens (including phenoxy) is 2. The van der Waals surface area contributed by atoms with Gasteiger partial charge in [-0.25, -0.2) is 11.4 Å². The molecular weight excluding hydrogens is 556 g/mol. The van der Waals surface area contributed by atoms with Crippen LogP contribution in [0.4, 0.5) is 16.3 Å². The highest BCUT2D eigenvalue weighted by molar-refractivity contribution is 5.93. The average Bonchev–Trinajstić information content (AvgIpc) is 3.42. The predicted octanol–water partition coefficient (Wildman–Crippen LogP) is 4.41. The fraction of sp³-hybridized carbons (Fsp3) is 0.545. The number of nitrogens with zero attached hydrogens (tertiary/aromatic N) is 8. The van der Waals surface area contributed by atoms with Gasteiger partial charge in [0, 0.05) is 61.3 Å². The molecule has 5 heterocycles. The summed E-state index contributed by atoms with van der Waals surface area (Å²) >= 11 is 0. The molecule has 11 heteroatoms. The molecule has 0 saturated carbocycles. The Morgan fingerprint density at radius 2 is 1.95 bits per heavy atom. The molecule has 6 rings (SSSR count). The van der Waals surface area contributed by atoms with E-state index in [-0.39, 0.29) is 18.7 Å². The van der Waals surface area contributed by atoms with Gasteiger partial charge >= 0.3 is 12.1 Å². The number of anilines is 2. The molecule has 2 fully saturated rings. The van der Waals surface area contributed by atoms with Gasteiger partial charge in [0.2, 0.25) is 6.54 Å². The van der Waals surface area contributed by atoms with Crippen molar-refractivity contribution in [3.05, 3.63) is 59.3 Å². The molecule has 3 aliphatic heterocycles. The number of likely N-dealkylation sites (tertiary alicyclic amines) is 1. The van der Waals surface area contributed by atoms with Crippen LogP contribution in [-0.2, 0) is 17.7 Å². The zero-order chi connectivity index (χ0) is 30.8. The SMILES string of the molecule is [C-]#[N+]CC1CN(c2nc(OC[C@@H]3CCCN3C)nc3c2CCN(c2cccc4ccncc24)C3)CCN1C(=O)OC(C)(C)C. The molecule has 1 amide bonds. The number of hydrogen-bond acceptors (Lipinski definition) is 9. The topological polar surface area (TPSA) is 91.5 Å². The van der Waals surface area contributed by atoms with Crippen molar-refractivity contribution in [1.82, 2.24) is 24.8 Å². The lowest BCUT2D eigenvalue weighted by Crippen LogP contribution is -2.57. The summed E-state index contributed by atoms with van der Waals surface area (Å²) in [5, 5.41) is 2.28. The first-order chi connectivity index (χ1) is 21.2. The molecule has 2 saturated heterocycles. The van der Waals surface area contributed by atoms with E-state index in [1.807, 2.05) is 39.2 Å². The summed E-state index contributed by atoms with van der Waals surface area (Å²) in [5.41, 5.74) is 2.60. The van der Waals surface area contributed by atoms with Crippen LogP contribution in [0.5, 0.6) is 6.01 Å². The lowest BCUT2D eigenvalue weighted by molar-refractivity contribution is 0.0155. The molecule has 44 heavy (non-hydrogen) atoms. The van der Waals surface area contributed by atoms with Crippen LogP contribution in [0.1, 0.15) is 44.9 Å². The standard InChI is InChI=1S/C33H42N8O3/c1-33(2,3)44-32(42)41-17-16-40(20-25(41)18-34-4)30-26-12-15-39(29-10-6-8-23-11-13-35-19-27(23)29)21-28(26)36-31(37-30)43-22-24-9-7-14-38(24)5/h6,8,10-11,13,19,24-25H,7,9,12,14-18,20-22H2,1-3,5H3/t24-,25?/m0/s1. The fourth-order valence-corrected chi connectivity index (χ4v) is 6.52. The maximum Gasteiger partial charge on any atom is 0.410 e. The highest BCUT2D eigenvalue weighted by atomic mass is 16.6. The Bertz CT molecular complexity index is 1550. The van der Waals surface area contributed by atoms with Crippen LogP contribution >= 0.6 is 0 Å². The second kappa shape index (κ2) is 12.4. The number of carbonyl (C=O) groups is 1. The molecule has 232 valence electrons. The van der Waals surface area contributed by atoms with Crippen LogP contribution in [0, 0.1) is 6.57 Å². The molecule has 1 unspecified atom stereocenters. The van der Waals surface area contributed by atoms with Crippen molar-refractivity contribution >= 4 is 28.4 Å². The summed E-state index contributed by atoms with van der Waals surface area (Å²) < 4.78 is 12.0. The van der Waals surface area contributed by atoms with Crippen molar-refractivity contribution in [2.45, 2.75) is 64.3 Å². The van der Waals surface area contributed by atoms with Gasteiger partial charge in [0.15, 0.2) is 0 Å². The van der Waals surface area contributed by atoms with Crippen LogP contribution in [0.3, 0.4) is 0 Å². The number of hydrogen-bond donors (Lipinski definition) is 0. The summed E-state index contributed by atoms with van der Waals surface area (Å²) in [5.74, 6) is 0.850. The molecule has 0 radical (unpaired) electrons. The highest BCUT2D eigenvalue weighted by Gasteiger charge is 2.37. The second-order valence-corrected chi connectivity index (χ2v) is 13.0. The highest BCUT2D eigenvalue weighted by Crippen LogP contribution is 2.35. The number of piperazine rings is 1. The largest absolute Gasteiger partial charge is 0.462 e. The van der Waals surface area contributed by atoms with Crippen molar-refractivity contribution in [1.29, 1.82) is 0 Å². The van der Waals surface area contributed by atoms with Gasteiger partial charge < -0.3 is 29.0 Å². The monoisotopic (exact) mass is 598 g/mol. The Morgan fingerprint density at radius 1 is 1.09 bits per heavy atom. The van der Waals surface area contributed by atoms with Crippen LogP contribution < -0.4 is 14.5 Å². The summed E-state index contributed by atoms with van der Waals surface area (Å²) in [6, 6.07) is 8.82.